The zero-order valence-electron chi connectivity index (χ0n) is 33.5. The van der Waals surface area contributed by atoms with Gasteiger partial charge in [0, 0.05) is 32.7 Å². The fourth-order valence-electron chi connectivity index (χ4n) is 5.74. The average Bonchev–Trinajstić information content (AvgIpc) is 3.29. The van der Waals surface area contributed by atoms with Gasteiger partial charge >= 0.3 is 6.15 Å². The van der Waals surface area contributed by atoms with Crippen molar-refractivity contribution in [3.8, 4) is 0 Å². The SMILES string of the molecule is NCc1ccccc1.O=C([O-])N(Cc1ccccc1)Cc1ccccc1.O=C=O.c1ccc(CCCc2ccccc2)cc1.c1ccc(CNCc2ccccc2)cc1. The molecule has 7 aromatic rings. The van der Waals surface area contributed by atoms with Gasteiger partial charge in [-0.1, -0.05) is 212 Å². The quantitative estimate of drug-likeness (QED) is 0.120. The van der Waals surface area contributed by atoms with Crippen molar-refractivity contribution in [2.45, 2.75) is 52.0 Å². The second kappa shape index (κ2) is 30.3. The van der Waals surface area contributed by atoms with Gasteiger partial charge < -0.3 is 25.9 Å². The highest BCUT2D eigenvalue weighted by Crippen LogP contribution is 2.10. The van der Waals surface area contributed by atoms with Crippen LogP contribution in [0.1, 0.15) is 45.4 Å². The van der Waals surface area contributed by atoms with E-state index in [1.807, 2.05) is 103 Å². The zero-order valence-corrected chi connectivity index (χ0v) is 33.5. The summed E-state index contributed by atoms with van der Waals surface area (Å²) in [5.41, 5.74) is 14.0. The van der Waals surface area contributed by atoms with Crippen LogP contribution >= 0.6 is 0 Å². The van der Waals surface area contributed by atoms with Gasteiger partial charge in [0.25, 0.3) is 0 Å². The smallest absolute Gasteiger partial charge is 0.373 e. The first-order valence-corrected chi connectivity index (χ1v) is 19.6. The van der Waals surface area contributed by atoms with Crippen LogP contribution in [-0.4, -0.2) is 17.1 Å². The summed E-state index contributed by atoms with van der Waals surface area (Å²) in [6.45, 7) is 3.18. The number of carboxylic acid groups (broad SMARTS) is 1. The van der Waals surface area contributed by atoms with Crippen LogP contribution in [0.5, 0.6) is 0 Å². The monoisotopic (exact) mass is 784 g/mol. The number of nitrogens with zero attached hydrogens (tertiary/aromatic N) is 1. The van der Waals surface area contributed by atoms with Crippen molar-refractivity contribution >= 4 is 12.2 Å². The summed E-state index contributed by atoms with van der Waals surface area (Å²) in [4.78, 5) is 28.7. The molecule has 302 valence electrons. The van der Waals surface area contributed by atoms with E-state index in [4.69, 9.17) is 15.3 Å². The first-order chi connectivity index (χ1) is 29.0. The van der Waals surface area contributed by atoms with Crippen molar-refractivity contribution in [1.82, 2.24) is 10.2 Å². The van der Waals surface area contributed by atoms with Crippen molar-refractivity contribution in [1.29, 1.82) is 0 Å². The molecule has 0 fully saturated rings. The molecule has 0 atom stereocenters. The van der Waals surface area contributed by atoms with E-state index in [1.165, 1.54) is 52.0 Å². The minimum absolute atomic E-state index is 0.250. The molecule has 0 saturated heterocycles. The van der Waals surface area contributed by atoms with Gasteiger partial charge in [0.2, 0.25) is 0 Å². The topological polar surface area (TPSA) is 116 Å². The van der Waals surface area contributed by atoms with Gasteiger partial charge in [0.1, 0.15) is 6.09 Å². The first kappa shape index (κ1) is 46.5. The third-order valence-corrected chi connectivity index (χ3v) is 8.73. The van der Waals surface area contributed by atoms with Crippen LogP contribution in [0.25, 0.3) is 0 Å². The molecular formula is C52H54N3O4-. The molecule has 7 aromatic carbocycles. The number of nitrogens with two attached hydrogens (primary N) is 1. The van der Waals surface area contributed by atoms with E-state index in [1.54, 1.807) is 0 Å². The van der Waals surface area contributed by atoms with Crippen LogP contribution in [0, 0.1) is 0 Å². The fourth-order valence-corrected chi connectivity index (χ4v) is 5.74. The number of nitrogens with one attached hydrogen (secondary N) is 1. The molecule has 3 N–H and O–H groups in total. The van der Waals surface area contributed by atoms with E-state index in [0.717, 1.165) is 24.2 Å². The van der Waals surface area contributed by atoms with E-state index in [0.29, 0.717) is 19.6 Å². The van der Waals surface area contributed by atoms with Crippen LogP contribution in [0.4, 0.5) is 4.79 Å². The maximum Gasteiger partial charge on any atom is 0.373 e. The molecule has 0 heterocycles. The maximum absolute atomic E-state index is 11.1. The lowest BCUT2D eigenvalue weighted by atomic mass is 10.0. The zero-order chi connectivity index (χ0) is 42.0. The predicted octanol–water partition coefficient (Wildman–Crippen LogP) is 9.43. The van der Waals surface area contributed by atoms with E-state index in [9.17, 15) is 9.90 Å². The summed E-state index contributed by atoms with van der Waals surface area (Å²) in [5.74, 6) is 0. The molecule has 7 rings (SSSR count). The van der Waals surface area contributed by atoms with Crippen molar-refractivity contribution in [3.63, 3.8) is 0 Å². The van der Waals surface area contributed by atoms with E-state index in [2.05, 4.69) is 115 Å². The van der Waals surface area contributed by atoms with Crippen LogP contribution in [-0.2, 0) is 55.2 Å². The predicted molar refractivity (Wildman–Crippen MR) is 235 cm³/mol. The van der Waals surface area contributed by atoms with Crippen molar-refractivity contribution in [3.05, 3.63) is 251 Å². The molecule has 7 nitrogen and oxygen atoms in total. The fraction of sp³-hybridized carbons (Fsp3) is 0.154. The van der Waals surface area contributed by atoms with Crippen LogP contribution < -0.4 is 16.2 Å². The number of carbonyl (C=O) groups excluding carboxylic acids is 3. The Morgan fingerprint density at radius 3 is 0.949 bits per heavy atom. The maximum atomic E-state index is 11.1. The van der Waals surface area contributed by atoms with Crippen LogP contribution in [0.2, 0.25) is 0 Å². The Morgan fingerprint density at radius 1 is 0.441 bits per heavy atom. The number of amides is 1. The van der Waals surface area contributed by atoms with Crippen LogP contribution in [0.15, 0.2) is 212 Å². The molecule has 0 aromatic heterocycles. The van der Waals surface area contributed by atoms with Crippen molar-refractivity contribution in [2.75, 3.05) is 0 Å². The van der Waals surface area contributed by atoms with Gasteiger partial charge in [-0.15, -0.1) is 0 Å². The number of hydrogen-bond acceptors (Lipinski definition) is 6. The molecular weight excluding hydrogens is 731 g/mol. The summed E-state index contributed by atoms with van der Waals surface area (Å²) < 4.78 is 0. The number of benzene rings is 7. The van der Waals surface area contributed by atoms with E-state index < -0.39 is 6.09 Å². The molecule has 0 spiro atoms. The van der Waals surface area contributed by atoms with Crippen molar-refractivity contribution in [2.24, 2.45) is 5.73 Å². The number of rotatable bonds is 13. The van der Waals surface area contributed by atoms with Crippen LogP contribution in [0.3, 0.4) is 0 Å². The number of carbonyl (C=O) groups is 1. The molecule has 59 heavy (non-hydrogen) atoms. The molecule has 0 aliphatic carbocycles. The third-order valence-electron chi connectivity index (χ3n) is 8.73. The van der Waals surface area contributed by atoms with Crippen molar-refractivity contribution < 1.29 is 19.5 Å². The number of aryl methyl sites for hydroxylation is 2. The minimum atomic E-state index is -1.15. The lowest BCUT2D eigenvalue weighted by Crippen LogP contribution is -2.40. The Hall–Kier alpha value is -6.89. The summed E-state index contributed by atoms with van der Waals surface area (Å²) in [6, 6.07) is 71.3. The van der Waals surface area contributed by atoms with Gasteiger partial charge in [-0.05, 0) is 58.2 Å². The highest BCUT2D eigenvalue weighted by atomic mass is 16.4. The molecule has 0 unspecified atom stereocenters. The lowest BCUT2D eigenvalue weighted by Gasteiger charge is -2.25. The summed E-state index contributed by atoms with van der Waals surface area (Å²) >= 11 is 0. The Morgan fingerprint density at radius 2 is 0.695 bits per heavy atom. The Bertz CT molecular complexity index is 1880. The standard InChI is InChI=1S/C15H15NO2.C15H16.C14H15N.C7H9N.CO2/c17-15(18)16(11-13-7-3-1-4-8-13)12-14-9-5-2-6-10-14;1-3-8-14(9-4-1)12-7-13-15-10-5-2-6-11-15;1-3-7-13(8-4-1)11-15-12-14-9-5-2-6-10-14;8-6-7-4-2-1-3-5-7;2-1-3/h1-10H,11-12H2,(H,17,18);1-6,8-11H,7,12-13H2;1-10,15H,11-12H2;1-5H,6,8H2;/p-1. The molecule has 1 amide bonds. The average molecular weight is 785 g/mol. The second-order valence-electron chi connectivity index (χ2n) is 13.3. The summed E-state index contributed by atoms with van der Waals surface area (Å²) in [6.07, 6.45) is 2.68. The minimum Gasteiger partial charge on any atom is -0.530 e. The Balaban J connectivity index is 0.000000211. The summed E-state index contributed by atoms with van der Waals surface area (Å²) in [7, 11) is 0. The summed E-state index contributed by atoms with van der Waals surface area (Å²) in [5, 5.41) is 14.5. The first-order valence-electron chi connectivity index (χ1n) is 19.6. The molecule has 0 saturated carbocycles. The molecule has 0 radical (unpaired) electrons. The molecule has 0 aliphatic heterocycles. The third kappa shape index (κ3) is 21.8. The van der Waals surface area contributed by atoms with Gasteiger partial charge in [0.15, 0.2) is 0 Å². The van der Waals surface area contributed by atoms with E-state index >= 15 is 0 Å². The van der Waals surface area contributed by atoms with Gasteiger partial charge in [-0.2, -0.15) is 9.59 Å². The number of hydrogen-bond donors (Lipinski definition) is 2. The molecule has 0 bridgehead atoms. The van der Waals surface area contributed by atoms with E-state index in [-0.39, 0.29) is 6.15 Å². The largest absolute Gasteiger partial charge is 0.530 e. The highest BCUT2D eigenvalue weighted by molar-refractivity contribution is 5.62. The molecule has 7 heteroatoms. The second-order valence-corrected chi connectivity index (χ2v) is 13.3. The molecule has 0 aliphatic rings. The Labute approximate surface area is 349 Å². The van der Waals surface area contributed by atoms with Gasteiger partial charge in [-0.3, -0.25) is 0 Å². The highest BCUT2D eigenvalue weighted by Gasteiger charge is 2.06. The normalized spacial score (nSPS) is 9.58. The van der Waals surface area contributed by atoms with Gasteiger partial charge in [0.05, 0.1) is 0 Å². The Kier molecular flexibility index (Phi) is 23.9. The lowest BCUT2D eigenvalue weighted by molar-refractivity contribution is -0.267. The van der Waals surface area contributed by atoms with Gasteiger partial charge in [-0.25, -0.2) is 0 Å².